The number of hydrogen-bond donors (Lipinski definition) is 0. The summed E-state index contributed by atoms with van der Waals surface area (Å²) in [4.78, 5) is 6.90. The minimum absolute atomic E-state index is 0.477. The molecule has 1 aromatic rings. The van der Waals surface area contributed by atoms with Crippen LogP contribution in [0, 0.1) is 6.92 Å². The van der Waals surface area contributed by atoms with Gasteiger partial charge in [0.25, 0.3) is 0 Å². The van der Waals surface area contributed by atoms with E-state index < -0.39 is 0 Å². The molecule has 11 heavy (non-hydrogen) atoms. The average Bonchev–Trinajstić information content (AvgIpc) is 2.03. The molecule has 0 aliphatic rings. The Hall–Kier alpha value is -1.10. The van der Waals surface area contributed by atoms with E-state index in [1.165, 1.54) is 6.20 Å². The minimum atomic E-state index is 0.477. The molecule has 1 aromatic heterocycles. The number of rotatable bonds is 3. The van der Waals surface area contributed by atoms with E-state index in [0.717, 1.165) is 5.56 Å². The van der Waals surface area contributed by atoms with Gasteiger partial charge in [0, 0.05) is 6.20 Å². The lowest BCUT2D eigenvalue weighted by Crippen LogP contribution is -2.03. The fourth-order valence-electron chi connectivity index (χ4n) is 0.643. The van der Waals surface area contributed by atoms with Crippen LogP contribution in [0.3, 0.4) is 0 Å². The van der Waals surface area contributed by atoms with Crippen molar-refractivity contribution in [3.8, 4) is 5.75 Å². The molecule has 57 valence electrons. The first-order valence-electron chi connectivity index (χ1n) is 3.01. The van der Waals surface area contributed by atoms with Crippen molar-refractivity contribution in [3.05, 3.63) is 24.0 Å². The highest BCUT2D eigenvalue weighted by atomic mass is 19.3. The second kappa shape index (κ2) is 3.93. The average molecular weight is 154 g/mol. The number of nitrogens with zero attached hydrogens (tertiary/aromatic N) is 1. The summed E-state index contributed by atoms with van der Waals surface area (Å²) in [7, 11) is 0.601. The van der Waals surface area contributed by atoms with Crippen molar-refractivity contribution < 1.29 is 14.0 Å². The molecule has 3 nitrogen and oxygen atoms in total. The smallest absolute Gasteiger partial charge is 0.534 e. The van der Waals surface area contributed by atoms with E-state index in [0.29, 0.717) is 13.4 Å². The van der Waals surface area contributed by atoms with E-state index in [-0.39, 0.29) is 0 Å². The molecule has 0 unspecified atom stereocenters. The molecule has 0 fully saturated rings. The third kappa shape index (κ3) is 2.20. The Bertz CT molecular complexity index is 234. The Morgan fingerprint density at radius 3 is 3.09 bits per heavy atom. The van der Waals surface area contributed by atoms with Gasteiger partial charge in [0.1, 0.15) is 5.75 Å². The van der Waals surface area contributed by atoms with Crippen molar-refractivity contribution in [2.45, 2.75) is 6.92 Å². The van der Waals surface area contributed by atoms with Gasteiger partial charge in [-0.1, -0.05) is 4.53 Å². The van der Waals surface area contributed by atoms with Crippen LogP contribution in [0.4, 0.5) is 4.53 Å². The largest absolute Gasteiger partial charge is 0.609 e. The first-order chi connectivity index (χ1) is 5.34. The van der Waals surface area contributed by atoms with Crippen molar-refractivity contribution in [1.29, 1.82) is 0 Å². The van der Waals surface area contributed by atoms with E-state index >= 15 is 0 Å². The maximum atomic E-state index is 11.1. The normalized spacial score (nSPS) is 9.27. The van der Waals surface area contributed by atoms with Crippen LogP contribution < -0.4 is 4.65 Å². The zero-order chi connectivity index (χ0) is 8.10. The van der Waals surface area contributed by atoms with Crippen molar-refractivity contribution in [3.63, 3.8) is 0 Å². The van der Waals surface area contributed by atoms with Crippen molar-refractivity contribution in [2.24, 2.45) is 0 Å². The lowest BCUT2D eigenvalue weighted by Gasteiger charge is -2.02. The number of aromatic nitrogens is 1. The van der Waals surface area contributed by atoms with Gasteiger partial charge >= 0.3 is 7.69 Å². The van der Waals surface area contributed by atoms with Crippen LogP contribution in [0.25, 0.3) is 0 Å². The summed E-state index contributed by atoms with van der Waals surface area (Å²) in [6, 6.07) is 1.75. The maximum Gasteiger partial charge on any atom is 0.609 e. The van der Waals surface area contributed by atoms with Gasteiger partial charge in [-0.05, 0) is 18.6 Å². The van der Waals surface area contributed by atoms with Gasteiger partial charge in [-0.15, -0.1) is 0 Å². The Labute approximate surface area is 64.4 Å². The third-order valence-electron chi connectivity index (χ3n) is 1.20. The first kappa shape index (κ1) is 8.01. The topological polar surface area (TPSA) is 31.4 Å². The number of hydrogen-bond acceptors (Lipinski definition) is 3. The molecule has 0 saturated carbocycles. The Kier molecular flexibility index (Phi) is 2.86. The Morgan fingerprint density at radius 1 is 1.64 bits per heavy atom. The second-order valence-corrected chi connectivity index (χ2v) is 1.94. The highest BCUT2D eigenvalue weighted by Crippen LogP contribution is 2.13. The van der Waals surface area contributed by atoms with Crippen LogP contribution in [-0.2, 0) is 4.86 Å². The molecule has 0 aliphatic carbocycles. The van der Waals surface area contributed by atoms with Gasteiger partial charge in [-0.25, -0.2) is 4.86 Å². The molecular weight excluding hydrogens is 148 g/mol. The summed E-state index contributed by atoms with van der Waals surface area (Å²) in [5.74, 6) is 0.477. The van der Waals surface area contributed by atoms with E-state index in [4.69, 9.17) is 4.65 Å². The molecule has 0 amide bonds. The summed E-state index contributed by atoms with van der Waals surface area (Å²) in [5.41, 5.74) is 0.869. The summed E-state index contributed by atoms with van der Waals surface area (Å²) in [6.45, 7) is 1.82. The molecule has 0 aliphatic heterocycles. The standard InChI is InChI=1S/C6H6BFNO2/c1-5-2-3-9-4-6(5)10-7-11-8/h2-4H,1H3. The molecular formula is C6H6BFNO2. The summed E-state index contributed by atoms with van der Waals surface area (Å²) < 4.78 is 15.8. The summed E-state index contributed by atoms with van der Waals surface area (Å²) in [5, 5.41) is 0. The predicted octanol–water partition coefficient (Wildman–Crippen LogP) is 1.20. The van der Waals surface area contributed by atoms with Crippen molar-refractivity contribution >= 4 is 7.69 Å². The summed E-state index contributed by atoms with van der Waals surface area (Å²) in [6.07, 6.45) is 3.10. The highest BCUT2D eigenvalue weighted by molar-refractivity contribution is 6.18. The van der Waals surface area contributed by atoms with E-state index in [9.17, 15) is 4.53 Å². The van der Waals surface area contributed by atoms with E-state index in [1.807, 2.05) is 6.92 Å². The second-order valence-electron chi connectivity index (χ2n) is 1.94. The fraction of sp³-hybridized carbons (Fsp3) is 0.167. The molecule has 0 atom stereocenters. The molecule has 1 rings (SSSR count). The SMILES string of the molecule is Cc1ccncc1O[B]OF. The quantitative estimate of drug-likeness (QED) is 0.613. The van der Waals surface area contributed by atoms with Gasteiger partial charge < -0.3 is 4.65 Å². The van der Waals surface area contributed by atoms with Crippen LogP contribution in [0.5, 0.6) is 5.75 Å². The fourth-order valence-corrected chi connectivity index (χ4v) is 0.643. The van der Waals surface area contributed by atoms with Crippen molar-refractivity contribution in [2.75, 3.05) is 0 Å². The Balaban J connectivity index is 2.62. The molecule has 0 N–H and O–H groups in total. The number of pyridine rings is 1. The van der Waals surface area contributed by atoms with E-state index in [1.54, 1.807) is 12.3 Å². The predicted molar refractivity (Wildman–Crippen MR) is 37.5 cm³/mol. The molecule has 0 aromatic carbocycles. The van der Waals surface area contributed by atoms with Crippen molar-refractivity contribution in [1.82, 2.24) is 4.98 Å². The zero-order valence-corrected chi connectivity index (χ0v) is 5.95. The van der Waals surface area contributed by atoms with E-state index in [2.05, 4.69) is 9.84 Å². The molecule has 0 spiro atoms. The van der Waals surface area contributed by atoms with Crippen LogP contribution in [0.1, 0.15) is 5.56 Å². The zero-order valence-electron chi connectivity index (χ0n) is 5.95. The highest BCUT2D eigenvalue weighted by Gasteiger charge is 2.00. The molecule has 1 heterocycles. The Morgan fingerprint density at radius 2 is 2.45 bits per heavy atom. The number of aryl methyl sites for hydroxylation is 1. The monoisotopic (exact) mass is 154 g/mol. The van der Waals surface area contributed by atoms with Gasteiger partial charge in [0.15, 0.2) is 0 Å². The van der Waals surface area contributed by atoms with Gasteiger partial charge in [0.05, 0.1) is 6.20 Å². The lowest BCUT2D eigenvalue weighted by molar-refractivity contribution is -0.0174. The van der Waals surface area contributed by atoms with Gasteiger partial charge in [0.2, 0.25) is 0 Å². The van der Waals surface area contributed by atoms with Crippen LogP contribution in [0.2, 0.25) is 0 Å². The van der Waals surface area contributed by atoms with Crippen LogP contribution >= 0.6 is 0 Å². The lowest BCUT2D eigenvalue weighted by atomic mass is 10.2. The third-order valence-corrected chi connectivity index (χ3v) is 1.20. The van der Waals surface area contributed by atoms with Crippen LogP contribution in [0.15, 0.2) is 18.5 Å². The molecule has 0 bridgehead atoms. The summed E-state index contributed by atoms with van der Waals surface area (Å²) >= 11 is 0. The minimum Gasteiger partial charge on any atom is -0.534 e. The maximum absolute atomic E-state index is 11.1. The molecule has 1 radical (unpaired) electrons. The van der Waals surface area contributed by atoms with Gasteiger partial charge in [-0.2, -0.15) is 0 Å². The van der Waals surface area contributed by atoms with Crippen LogP contribution in [-0.4, -0.2) is 12.7 Å². The molecule has 0 saturated heterocycles. The molecule has 5 heteroatoms. The number of halogens is 1. The first-order valence-corrected chi connectivity index (χ1v) is 3.01. The van der Waals surface area contributed by atoms with Gasteiger partial charge in [-0.3, -0.25) is 4.98 Å².